The summed E-state index contributed by atoms with van der Waals surface area (Å²) in [5.74, 6) is 0.546. The lowest BCUT2D eigenvalue weighted by atomic mass is 10.2. The van der Waals surface area contributed by atoms with Crippen LogP contribution in [0.25, 0.3) is 11.3 Å². The molecule has 3 rings (SSSR count). The van der Waals surface area contributed by atoms with Crippen molar-refractivity contribution in [3.05, 3.63) is 36.5 Å². The van der Waals surface area contributed by atoms with Gasteiger partial charge in [-0.25, -0.2) is 4.98 Å². The Morgan fingerprint density at radius 1 is 1.25 bits per heavy atom. The Balaban J connectivity index is 1.63. The van der Waals surface area contributed by atoms with Gasteiger partial charge in [0.2, 0.25) is 5.91 Å². The van der Waals surface area contributed by atoms with Crippen molar-refractivity contribution in [3.63, 3.8) is 0 Å². The lowest BCUT2D eigenvalue weighted by Crippen LogP contribution is -2.48. The van der Waals surface area contributed by atoms with E-state index in [2.05, 4.69) is 17.1 Å². The van der Waals surface area contributed by atoms with E-state index >= 15 is 0 Å². The molecule has 1 saturated heterocycles. The maximum Gasteiger partial charge on any atom is 0.233 e. The second-order valence-corrected chi connectivity index (χ2v) is 7.14. The number of morpholine rings is 1. The first kappa shape index (κ1) is 17.0. The molecule has 1 fully saturated rings. The van der Waals surface area contributed by atoms with Crippen molar-refractivity contribution < 1.29 is 9.53 Å². The van der Waals surface area contributed by atoms with Gasteiger partial charge in [-0.3, -0.25) is 4.79 Å². The molecule has 5 nitrogen and oxygen atoms in total. The number of carbonyl (C=O) groups excluding carboxylic acids is 1. The van der Waals surface area contributed by atoms with E-state index in [4.69, 9.17) is 4.74 Å². The van der Waals surface area contributed by atoms with Crippen molar-refractivity contribution in [2.24, 2.45) is 7.05 Å². The topological polar surface area (TPSA) is 47.4 Å². The van der Waals surface area contributed by atoms with Gasteiger partial charge in [-0.15, -0.1) is 0 Å². The number of ether oxygens (including phenoxy) is 1. The maximum absolute atomic E-state index is 12.5. The molecule has 1 aliphatic heterocycles. The molecular formula is C18H23N3O2S. The minimum Gasteiger partial charge on any atom is -0.372 e. The van der Waals surface area contributed by atoms with E-state index in [1.54, 1.807) is 0 Å². The Morgan fingerprint density at radius 3 is 2.58 bits per heavy atom. The predicted octanol–water partition coefficient (Wildman–Crippen LogP) is 2.82. The zero-order valence-electron chi connectivity index (χ0n) is 14.3. The van der Waals surface area contributed by atoms with Crippen molar-refractivity contribution in [2.75, 3.05) is 18.8 Å². The van der Waals surface area contributed by atoms with E-state index in [1.807, 2.05) is 54.8 Å². The van der Waals surface area contributed by atoms with Crippen molar-refractivity contribution >= 4 is 17.7 Å². The highest BCUT2D eigenvalue weighted by Crippen LogP contribution is 2.25. The number of hydrogen-bond acceptors (Lipinski definition) is 4. The summed E-state index contributed by atoms with van der Waals surface area (Å²) in [6.07, 6.45) is 2.06. The summed E-state index contributed by atoms with van der Waals surface area (Å²) in [5.41, 5.74) is 2.18. The molecule has 24 heavy (non-hydrogen) atoms. The highest BCUT2D eigenvalue weighted by molar-refractivity contribution is 7.99. The number of hydrogen-bond donors (Lipinski definition) is 0. The lowest BCUT2D eigenvalue weighted by molar-refractivity contribution is -0.140. The monoisotopic (exact) mass is 345 g/mol. The summed E-state index contributed by atoms with van der Waals surface area (Å²) in [7, 11) is 1.99. The van der Waals surface area contributed by atoms with Crippen LogP contribution in [0.15, 0.2) is 41.7 Å². The van der Waals surface area contributed by atoms with Gasteiger partial charge < -0.3 is 14.2 Å². The van der Waals surface area contributed by atoms with Crippen LogP contribution in [0.5, 0.6) is 0 Å². The third kappa shape index (κ3) is 3.82. The third-order valence-electron chi connectivity index (χ3n) is 4.11. The number of aromatic nitrogens is 2. The molecule has 0 radical (unpaired) electrons. The van der Waals surface area contributed by atoms with E-state index in [0.29, 0.717) is 18.8 Å². The average Bonchev–Trinajstić information content (AvgIpc) is 2.93. The minimum atomic E-state index is 0.0977. The number of thioether (sulfide) groups is 1. The van der Waals surface area contributed by atoms with Crippen LogP contribution >= 0.6 is 11.8 Å². The van der Waals surface area contributed by atoms with Crippen molar-refractivity contribution in [2.45, 2.75) is 31.2 Å². The lowest BCUT2D eigenvalue weighted by Gasteiger charge is -2.35. The van der Waals surface area contributed by atoms with Crippen LogP contribution < -0.4 is 0 Å². The normalized spacial score (nSPS) is 21.0. The SMILES string of the molecule is C[C@@H]1CN(C(=O)CSc2ncc(-c3ccccc3)n2C)C[C@H](C)O1. The van der Waals surface area contributed by atoms with Gasteiger partial charge in [-0.05, 0) is 19.4 Å². The van der Waals surface area contributed by atoms with Crippen molar-refractivity contribution in [1.29, 1.82) is 0 Å². The standard InChI is InChI=1S/C18H23N3O2S/c1-13-10-21(11-14(2)23-13)17(22)12-24-18-19-9-16(20(18)3)15-7-5-4-6-8-15/h4-9,13-14H,10-12H2,1-3H3/t13-,14+. The maximum atomic E-state index is 12.5. The molecule has 6 heteroatoms. The molecule has 0 N–H and O–H groups in total. The summed E-state index contributed by atoms with van der Waals surface area (Å²) in [5, 5.41) is 0.858. The van der Waals surface area contributed by atoms with E-state index < -0.39 is 0 Å². The van der Waals surface area contributed by atoms with Gasteiger partial charge in [-0.2, -0.15) is 0 Å². The number of carbonyl (C=O) groups is 1. The molecule has 1 aliphatic rings. The van der Waals surface area contributed by atoms with Crippen LogP contribution in [-0.4, -0.2) is 51.4 Å². The van der Waals surface area contributed by atoms with Gasteiger partial charge in [-0.1, -0.05) is 42.1 Å². The number of amides is 1. The van der Waals surface area contributed by atoms with E-state index in [1.165, 1.54) is 11.8 Å². The van der Waals surface area contributed by atoms with Gasteiger partial charge in [0.1, 0.15) is 0 Å². The molecule has 0 spiro atoms. The quantitative estimate of drug-likeness (QED) is 0.800. The van der Waals surface area contributed by atoms with Crippen LogP contribution in [0.1, 0.15) is 13.8 Å². The molecular weight excluding hydrogens is 322 g/mol. The highest BCUT2D eigenvalue weighted by atomic mass is 32.2. The largest absolute Gasteiger partial charge is 0.372 e. The van der Waals surface area contributed by atoms with E-state index in [0.717, 1.165) is 16.4 Å². The minimum absolute atomic E-state index is 0.0977. The Kier molecular flexibility index (Phi) is 5.26. The summed E-state index contributed by atoms with van der Waals surface area (Å²) in [6.45, 7) is 5.35. The summed E-state index contributed by atoms with van der Waals surface area (Å²) in [4.78, 5) is 18.8. The van der Waals surface area contributed by atoms with Crippen molar-refractivity contribution in [1.82, 2.24) is 14.5 Å². The number of imidazole rings is 1. The number of rotatable bonds is 4. The van der Waals surface area contributed by atoms with Gasteiger partial charge >= 0.3 is 0 Å². The van der Waals surface area contributed by atoms with Gasteiger partial charge in [0.05, 0.1) is 29.9 Å². The van der Waals surface area contributed by atoms with Gasteiger partial charge in [0.15, 0.2) is 5.16 Å². The second-order valence-electron chi connectivity index (χ2n) is 6.20. The first-order valence-corrected chi connectivity index (χ1v) is 9.16. The Bertz CT molecular complexity index is 692. The average molecular weight is 345 g/mol. The molecule has 2 atom stereocenters. The van der Waals surface area contributed by atoms with Crippen LogP contribution in [0.4, 0.5) is 0 Å². The molecule has 0 aliphatic carbocycles. The zero-order chi connectivity index (χ0) is 17.1. The fraction of sp³-hybridized carbons (Fsp3) is 0.444. The first-order chi connectivity index (χ1) is 11.5. The molecule has 0 saturated carbocycles. The van der Waals surface area contributed by atoms with Gasteiger partial charge in [0, 0.05) is 20.1 Å². The molecule has 2 aromatic rings. The molecule has 0 unspecified atom stereocenters. The van der Waals surface area contributed by atoms with Crippen LogP contribution in [0, 0.1) is 0 Å². The number of nitrogens with zero attached hydrogens (tertiary/aromatic N) is 3. The van der Waals surface area contributed by atoms with Crippen LogP contribution in [0.2, 0.25) is 0 Å². The first-order valence-electron chi connectivity index (χ1n) is 8.17. The molecule has 0 bridgehead atoms. The number of benzene rings is 1. The molecule has 2 heterocycles. The Labute approximate surface area is 147 Å². The van der Waals surface area contributed by atoms with E-state index in [9.17, 15) is 4.79 Å². The molecule has 1 aromatic carbocycles. The smallest absolute Gasteiger partial charge is 0.233 e. The Hall–Kier alpha value is -1.79. The van der Waals surface area contributed by atoms with Crippen LogP contribution in [-0.2, 0) is 16.6 Å². The molecule has 1 aromatic heterocycles. The Morgan fingerprint density at radius 2 is 1.92 bits per heavy atom. The highest BCUT2D eigenvalue weighted by Gasteiger charge is 2.26. The molecule has 128 valence electrons. The van der Waals surface area contributed by atoms with E-state index in [-0.39, 0.29) is 18.1 Å². The second kappa shape index (κ2) is 7.40. The third-order valence-corrected chi connectivity index (χ3v) is 5.14. The fourth-order valence-corrected chi connectivity index (χ4v) is 3.86. The molecule has 1 amide bonds. The van der Waals surface area contributed by atoms with Gasteiger partial charge in [0.25, 0.3) is 0 Å². The summed E-state index contributed by atoms with van der Waals surface area (Å²) < 4.78 is 7.72. The summed E-state index contributed by atoms with van der Waals surface area (Å²) in [6, 6.07) is 10.2. The zero-order valence-corrected chi connectivity index (χ0v) is 15.1. The summed E-state index contributed by atoms with van der Waals surface area (Å²) >= 11 is 1.49. The van der Waals surface area contributed by atoms with Crippen LogP contribution in [0.3, 0.4) is 0 Å². The fourth-order valence-electron chi connectivity index (χ4n) is 3.00. The van der Waals surface area contributed by atoms with Crippen molar-refractivity contribution in [3.8, 4) is 11.3 Å². The predicted molar refractivity (Wildman–Crippen MR) is 96.0 cm³/mol.